The first-order valence-electron chi connectivity index (χ1n) is 4.21. The molecule has 1 amide bonds. The van der Waals surface area contributed by atoms with Gasteiger partial charge in [0.2, 0.25) is 5.91 Å². The fraction of sp³-hybridized carbons (Fsp3) is 0.875. The van der Waals surface area contributed by atoms with Gasteiger partial charge in [0.05, 0.1) is 17.5 Å². The monoisotopic (exact) mass is 235 g/mol. The van der Waals surface area contributed by atoms with Gasteiger partial charge in [0.15, 0.2) is 0 Å². The maximum absolute atomic E-state index is 11.0. The number of halogens is 1. The van der Waals surface area contributed by atoms with E-state index in [0.717, 1.165) is 19.4 Å². The molecule has 0 spiro atoms. The third-order valence-electron chi connectivity index (χ3n) is 2.03. The highest BCUT2D eigenvalue weighted by atomic mass is 79.9. The molecule has 0 saturated carbocycles. The van der Waals surface area contributed by atoms with Crippen molar-refractivity contribution in [2.45, 2.75) is 31.9 Å². The predicted molar refractivity (Wildman–Crippen MR) is 50.4 cm³/mol. The molecule has 12 heavy (non-hydrogen) atoms. The fourth-order valence-corrected chi connectivity index (χ4v) is 1.54. The molecule has 1 aliphatic heterocycles. The zero-order valence-corrected chi connectivity index (χ0v) is 8.76. The summed E-state index contributed by atoms with van der Waals surface area (Å²) in [4.78, 5) is 11.0. The van der Waals surface area contributed by atoms with Crippen LogP contribution in [-0.4, -0.2) is 30.0 Å². The third kappa shape index (κ3) is 2.75. The minimum atomic E-state index is 0.0259. The first kappa shape index (κ1) is 9.99. The van der Waals surface area contributed by atoms with Crippen LogP contribution in [0.5, 0.6) is 0 Å². The SMILES string of the molecule is CC(NC(=O)CBr)C1CCCO1. The van der Waals surface area contributed by atoms with Crippen molar-refractivity contribution in [3.63, 3.8) is 0 Å². The highest BCUT2D eigenvalue weighted by Crippen LogP contribution is 2.15. The van der Waals surface area contributed by atoms with Gasteiger partial charge in [-0.15, -0.1) is 0 Å². The maximum atomic E-state index is 11.0. The molecule has 1 fully saturated rings. The summed E-state index contributed by atoms with van der Waals surface area (Å²) in [5.74, 6) is 0.0259. The van der Waals surface area contributed by atoms with Crippen molar-refractivity contribution in [3.8, 4) is 0 Å². The summed E-state index contributed by atoms with van der Waals surface area (Å²) in [6.45, 7) is 2.82. The van der Waals surface area contributed by atoms with E-state index in [9.17, 15) is 4.79 Å². The fourth-order valence-electron chi connectivity index (χ4n) is 1.38. The molecule has 4 heteroatoms. The van der Waals surface area contributed by atoms with Crippen LogP contribution >= 0.6 is 15.9 Å². The molecule has 0 aromatic heterocycles. The number of hydrogen-bond acceptors (Lipinski definition) is 2. The molecule has 70 valence electrons. The molecular formula is C8H14BrNO2. The topological polar surface area (TPSA) is 38.3 Å². The van der Waals surface area contributed by atoms with Crippen molar-refractivity contribution in [3.05, 3.63) is 0 Å². The second kappa shape index (κ2) is 4.82. The van der Waals surface area contributed by atoms with Gasteiger partial charge in [-0.05, 0) is 19.8 Å². The number of carbonyl (C=O) groups excluding carboxylic acids is 1. The standard InChI is InChI=1S/C8H14BrNO2/c1-6(10-8(11)5-9)7-3-2-4-12-7/h6-7H,2-5H2,1H3,(H,10,11). The quantitative estimate of drug-likeness (QED) is 0.744. The molecule has 2 unspecified atom stereocenters. The highest BCUT2D eigenvalue weighted by Gasteiger charge is 2.22. The van der Waals surface area contributed by atoms with Gasteiger partial charge < -0.3 is 10.1 Å². The Kier molecular flexibility index (Phi) is 4.01. The normalized spacial score (nSPS) is 25.3. The Morgan fingerprint density at radius 3 is 3.08 bits per heavy atom. The van der Waals surface area contributed by atoms with Crippen LogP contribution in [0, 0.1) is 0 Å². The molecule has 2 atom stereocenters. The summed E-state index contributed by atoms with van der Waals surface area (Å²) >= 11 is 3.10. The van der Waals surface area contributed by atoms with Crippen LogP contribution in [0.15, 0.2) is 0 Å². The van der Waals surface area contributed by atoms with E-state index in [2.05, 4.69) is 21.2 Å². The molecule has 3 nitrogen and oxygen atoms in total. The molecule has 0 aromatic carbocycles. The van der Waals surface area contributed by atoms with Crippen LogP contribution in [0.25, 0.3) is 0 Å². The van der Waals surface area contributed by atoms with Crippen LogP contribution in [0.1, 0.15) is 19.8 Å². The Morgan fingerprint density at radius 2 is 2.58 bits per heavy atom. The predicted octanol–water partition coefficient (Wildman–Crippen LogP) is 1.06. The van der Waals surface area contributed by atoms with E-state index in [1.165, 1.54) is 0 Å². The Morgan fingerprint density at radius 1 is 1.83 bits per heavy atom. The Bertz CT molecular complexity index is 157. The van der Waals surface area contributed by atoms with Gasteiger partial charge in [-0.25, -0.2) is 0 Å². The number of ether oxygens (including phenoxy) is 1. The zero-order chi connectivity index (χ0) is 8.97. The van der Waals surface area contributed by atoms with Gasteiger partial charge in [0.25, 0.3) is 0 Å². The molecule has 0 bridgehead atoms. The lowest BCUT2D eigenvalue weighted by Crippen LogP contribution is -2.41. The van der Waals surface area contributed by atoms with Crippen LogP contribution in [0.2, 0.25) is 0 Å². The van der Waals surface area contributed by atoms with Crippen LogP contribution in [0.3, 0.4) is 0 Å². The van der Waals surface area contributed by atoms with Gasteiger partial charge in [0, 0.05) is 6.61 Å². The van der Waals surface area contributed by atoms with Crippen LogP contribution < -0.4 is 5.32 Å². The van der Waals surface area contributed by atoms with Gasteiger partial charge in [-0.3, -0.25) is 4.79 Å². The minimum Gasteiger partial charge on any atom is -0.376 e. The molecule has 0 radical (unpaired) electrons. The summed E-state index contributed by atoms with van der Waals surface area (Å²) in [6, 6.07) is 0.137. The number of alkyl halides is 1. The average molecular weight is 236 g/mol. The first-order valence-corrected chi connectivity index (χ1v) is 5.33. The van der Waals surface area contributed by atoms with Crippen molar-refractivity contribution in [1.82, 2.24) is 5.32 Å². The van der Waals surface area contributed by atoms with Crippen molar-refractivity contribution in [2.75, 3.05) is 11.9 Å². The number of hydrogen-bond donors (Lipinski definition) is 1. The molecule has 1 N–H and O–H groups in total. The van der Waals surface area contributed by atoms with E-state index < -0.39 is 0 Å². The van der Waals surface area contributed by atoms with Crippen molar-refractivity contribution in [1.29, 1.82) is 0 Å². The lowest BCUT2D eigenvalue weighted by atomic mass is 10.1. The number of carbonyl (C=O) groups is 1. The molecular weight excluding hydrogens is 222 g/mol. The molecule has 0 aliphatic carbocycles. The van der Waals surface area contributed by atoms with Gasteiger partial charge >= 0.3 is 0 Å². The van der Waals surface area contributed by atoms with Crippen LogP contribution in [0.4, 0.5) is 0 Å². The van der Waals surface area contributed by atoms with E-state index in [1.807, 2.05) is 6.92 Å². The van der Waals surface area contributed by atoms with Crippen LogP contribution in [-0.2, 0) is 9.53 Å². The summed E-state index contributed by atoms with van der Waals surface area (Å²) in [5.41, 5.74) is 0. The lowest BCUT2D eigenvalue weighted by molar-refractivity contribution is -0.119. The smallest absolute Gasteiger partial charge is 0.230 e. The molecule has 1 rings (SSSR count). The van der Waals surface area contributed by atoms with Gasteiger partial charge in [-0.1, -0.05) is 15.9 Å². The van der Waals surface area contributed by atoms with E-state index in [4.69, 9.17) is 4.74 Å². The van der Waals surface area contributed by atoms with Gasteiger partial charge in [0.1, 0.15) is 0 Å². The maximum Gasteiger partial charge on any atom is 0.230 e. The zero-order valence-electron chi connectivity index (χ0n) is 7.18. The van der Waals surface area contributed by atoms with E-state index in [1.54, 1.807) is 0 Å². The minimum absolute atomic E-state index is 0.0259. The number of rotatable bonds is 3. The Labute approximate surface area is 81.0 Å². The molecule has 1 saturated heterocycles. The summed E-state index contributed by atoms with van der Waals surface area (Å²) in [7, 11) is 0. The average Bonchev–Trinajstić information content (AvgIpc) is 2.56. The molecule has 1 aliphatic rings. The van der Waals surface area contributed by atoms with Crippen molar-refractivity contribution in [2.24, 2.45) is 0 Å². The van der Waals surface area contributed by atoms with Crippen molar-refractivity contribution >= 4 is 21.8 Å². The summed E-state index contributed by atoms with van der Waals surface area (Å²) in [6.07, 6.45) is 2.39. The molecule has 1 heterocycles. The second-order valence-corrected chi connectivity index (χ2v) is 3.60. The summed E-state index contributed by atoms with van der Waals surface area (Å²) < 4.78 is 5.43. The second-order valence-electron chi connectivity index (χ2n) is 3.04. The van der Waals surface area contributed by atoms with E-state index in [-0.39, 0.29) is 18.1 Å². The number of amides is 1. The van der Waals surface area contributed by atoms with E-state index >= 15 is 0 Å². The Hall–Kier alpha value is -0.0900. The van der Waals surface area contributed by atoms with E-state index in [0.29, 0.717) is 5.33 Å². The molecule has 0 aromatic rings. The van der Waals surface area contributed by atoms with Gasteiger partial charge in [-0.2, -0.15) is 0 Å². The first-order chi connectivity index (χ1) is 5.74. The number of nitrogens with one attached hydrogen (secondary N) is 1. The third-order valence-corrected chi connectivity index (χ3v) is 2.54. The van der Waals surface area contributed by atoms with Crippen molar-refractivity contribution < 1.29 is 9.53 Å². The summed E-state index contributed by atoms with van der Waals surface area (Å²) in [5, 5.41) is 3.23. The largest absolute Gasteiger partial charge is 0.376 e. The Balaban J connectivity index is 2.26. The highest BCUT2D eigenvalue weighted by molar-refractivity contribution is 9.09. The lowest BCUT2D eigenvalue weighted by Gasteiger charge is -2.19.